The number of rotatable bonds is 3. The van der Waals surface area contributed by atoms with E-state index in [2.05, 4.69) is 25.5 Å². The molecule has 1 unspecified atom stereocenters. The highest BCUT2D eigenvalue weighted by atomic mass is 14.2. The normalized spacial score (nSPS) is 20.1. The van der Waals surface area contributed by atoms with Crippen LogP contribution in [0.3, 0.4) is 0 Å². The molecule has 1 fully saturated rings. The Kier molecular flexibility index (Phi) is 2.13. The van der Waals surface area contributed by atoms with Crippen LogP contribution in [0.25, 0.3) is 0 Å². The van der Waals surface area contributed by atoms with Crippen LogP contribution in [-0.2, 0) is 0 Å². The van der Waals surface area contributed by atoms with Crippen LogP contribution < -0.4 is 0 Å². The Morgan fingerprint density at radius 3 is 3.00 bits per heavy atom. The van der Waals surface area contributed by atoms with Gasteiger partial charge in [-0.1, -0.05) is 25.5 Å². The van der Waals surface area contributed by atoms with Crippen LogP contribution in [0.4, 0.5) is 0 Å². The van der Waals surface area contributed by atoms with Crippen molar-refractivity contribution in [2.24, 2.45) is 5.92 Å². The van der Waals surface area contributed by atoms with Gasteiger partial charge in [-0.3, -0.25) is 0 Å². The number of hydrogen-bond donors (Lipinski definition) is 0. The highest BCUT2D eigenvalue weighted by molar-refractivity contribution is 5.08. The zero-order chi connectivity index (χ0) is 5.82. The molecule has 0 heteroatoms. The maximum Gasteiger partial charge on any atom is -0.0199 e. The lowest BCUT2D eigenvalue weighted by molar-refractivity contribution is 0.948. The minimum Gasteiger partial charge on any atom is -0.0883 e. The van der Waals surface area contributed by atoms with E-state index >= 15 is 0 Å². The van der Waals surface area contributed by atoms with E-state index in [0.717, 1.165) is 5.92 Å². The Balaban J connectivity index is 1.96. The molecule has 0 spiro atoms. The van der Waals surface area contributed by atoms with Crippen molar-refractivity contribution in [3.63, 3.8) is 0 Å². The fourth-order valence-corrected chi connectivity index (χ4v) is 0.673. The van der Waals surface area contributed by atoms with Gasteiger partial charge in [-0.25, -0.2) is 0 Å². The predicted octanol–water partition coefficient (Wildman–Crippen LogP) is 2.57. The molecule has 0 bridgehead atoms. The number of hydrogen-bond acceptors (Lipinski definition) is 0. The van der Waals surface area contributed by atoms with Gasteiger partial charge >= 0.3 is 0 Å². The number of allylic oxidation sites excluding steroid dienone is 2. The van der Waals surface area contributed by atoms with Crippen molar-refractivity contribution >= 4 is 0 Å². The molecule has 0 heterocycles. The maximum atomic E-state index is 2.33. The highest BCUT2D eigenvalue weighted by Gasteiger charge is 2.16. The van der Waals surface area contributed by atoms with Crippen LogP contribution in [0.5, 0.6) is 0 Å². The molecule has 1 aliphatic rings. The fourth-order valence-electron chi connectivity index (χ4n) is 0.673. The summed E-state index contributed by atoms with van der Waals surface area (Å²) in [5.74, 6) is 0.849. The van der Waals surface area contributed by atoms with E-state index in [9.17, 15) is 0 Å². The molecule has 0 aliphatic heterocycles. The summed E-state index contributed by atoms with van der Waals surface area (Å²) in [5, 5.41) is 0. The van der Waals surface area contributed by atoms with Gasteiger partial charge in [0, 0.05) is 0 Å². The smallest absolute Gasteiger partial charge is 0.0199 e. The lowest BCUT2D eigenvalue weighted by Gasteiger charge is -1.81. The molecule has 1 radical (unpaired) electrons. The zero-order valence-electron chi connectivity index (χ0n) is 5.43. The van der Waals surface area contributed by atoms with Gasteiger partial charge < -0.3 is 0 Å². The molecule has 0 N–H and O–H groups in total. The average Bonchev–Trinajstić information content (AvgIpc) is 2.51. The van der Waals surface area contributed by atoms with Crippen molar-refractivity contribution in [1.82, 2.24) is 0 Å². The van der Waals surface area contributed by atoms with E-state index in [1.165, 1.54) is 19.3 Å². The molecule has 1 saturated carbocycles. The standard InChI is InChI=1S/C8H13/c1-2-3-4-5-8-6-7-8/h4-6,8H,2-3,7H2,1H3. The predicted molar refractivity (Wildman–Crippen MR) is 36.5 cm³/mol. The van der Waals surface area contributed by atoms with Crippen molar-refractivity contribution in [2.75, 3.05) is 0 Å². The van der Waals surface area contributed by atoms with Gasteiger partial charge in [0.1, 0.15) is 0 Å². The van der Waals surface area contributed by atoms with E-state index in [-0.39, 0.29) is 0 Å². The first-order chi connectivity index (χ1) is 3.93. The molecule has 0 aromatic rings. The third kappa shape index (κ3) is 2.15. The van der Waals surface area contributed by atoms with Crippen LogP contribution in [0.15, 0.2) is 12.2 Å². The Bertz CT molecular complexity index is 78.0. The molecule has 1 aliphatic carbocycles. The van der Waals surface area contributed by atoms with E-state index in [0.29, 0.717) is 0 Å². The summed E-state index contributed by atoms with van der Waals surface area (Å²) in [5.41, 5.74) is 0. The van der Waals surface area contributed by atoms with Gasteiger partial charge in [0.05, 0.1) is 0 Å². The van der Waals surface area contributed by atoms with Crippen LogP contribution >= 0.6 is 0 Å². The molecule has 0 nitrogen and oxygen atoms in total. The zero-order valence-corrected chi connectivity index (χ0v) is 5.43. The summed E-state index contributed by atoms with van der Waals surface area (Å²) >= 11 is 0. The summed E-state index contributed by atoms with van der Waals surface area (Å²) < 4.78 is 0. The van der Waals surface area contributed by atoms with Crippen LogP contribution in [0.2, 0.25) is 0 Å². The molecule has 0 saturated heterocycles. The summed E-state index contributed by atoms with van der Waals surface area (Å²) in [6.45, 7) is 2.21. The van der Waals surface area contributed by atoms with Crippen molar-refractivity contribution < 1.29 is 0 Å². The first kappa shape index (κ1) is 5.87. The summed E-state index contributed by atoms with van der Waals surface area (Å²) in [6, 6.07) is 0. The van der Waals surface area contributed by atoms with E-state index in [1.54, 1.807) is 0 Å². The van der Waals surface area contributed by atoms with Gasteiger partial charge in [0.15, 0.2) is 0 Å². The molecule has 0 aromatic heterocycles. The first-order valence-corrected chi connectivity index (χ1v) is 3.43. The lowest BCUT2D eigenvalue weighted by atomic mass is 10.3. The van der Waals surface area contributed by atoms with E-state index < -0.39 is 0 Å². The van der Waals surface area contributed by atoms with Gasteiger partial charge in [-0.2, -0.15) is 0 Å². The lowest BCUT2D eigenvalue weighted by Crippen LogP contribution is -1.63. The maximum absolute atomic E-state index is 2.33. The monoisotopic (exact) mass is 109 g/mol. The Morgan fingerprint density at radius 2 is 2.50 bits per heavy atom. The Morgan fingerprint density at radius 1 is 1.75 bits per heavy atom. The molecule has 0 amide bonds. The molecule has 1 atom stereocenters. The third-order valence-corrected chi connectivity index (χ3v) is 1.35. The molecule has 1 rings (SSSR count). The second kappa shape index (κ2) is 2.91. The van der Waals surface area contributed by atoms with Crippen molar-refractivity contribution in [2.45, 2.75) is 26.2 Å². The molecular formula is C8H13. The van der Waals surface area contributed by atoms with Crippen LogP contribution in [0.1, 0.15) is 26.2 Å². The minimum atomic E-state index is 0.849. The molecular weight excluding hydrogens is 96.1 g/mol. The quantitative estimate of drug-likeness (QED) is 0.488. The SMILES string of the molecule is CCCC=CC1[CH]C1. The summed E-state index contributed by atoms with van der Waals surface area (Å²) in [6.07, 6.45) is 10.8. The third-order valence-electron chi connectivity index (χ3n) is 1.35. The second-order valence-electron chi connectivity index (χ2n) is 2.35. The van der Waals surface area contributed by atoms with Crippen LogP contribution in [0, 0.1) is 12.3 Å². The Hall–Kier alpha value is -0.260. The topological polar surface area (TPSA) is 0 Å². The van der Waals surface area contributed by atoms with Crippen molar-refractivity contribution in [1.29, 1.82) is 0 Å². The first-order valence-electron chi connectivity index (χ1n) is 3.43. The summed E-state index contributed by atoms with van der Waals surface area (Å²) in [7, 11) is 0. The van der Waals surface area contributed by atoms with Gasteiger partial charge in [0.25, 0.3) is 0 Å². The van der Waals surface area contributed by atoms with Crippen molar-refractivity contribution in [3.8, 4) is 0 Å². The highest BCUT2D eigenvalue weighted by Crippen LogP contribution is 2.28. The van der Waals surface area contributed by atoms with E-state index in [1.807, 2.05) is 0 Å². The van der Waals surface area contributed by atoms with Crippen LogP contribution in [-0.4, -0.2) is 0 Å². The molecule has 0 aromatic carbocycles. The average molecular weight is 109 g/mol. The second-order valence-corrected chi connectivity index (χ2v) is 2.35. The minimum absolute atomic E-state index is 0.849. The van der Waals surface area contributed by atoms with Gasteiger partial charge in [-0.05, 0) is 25.2 Å². The van der Waals surface area contributed by atoms with E-state index in [4.69, 9.17) is 0 Å². The molecule has 8 heavy (non-hydrogen) atoms. The van der Waals surface area contributed by atoms with Gasteiger partial charge in [-0.15, -0.1) is 0 Å². The number of unbranched alkanes of at least 4 members (excludes halogenated alkanes) is 1. The van der Waals surface area contributed by atoms with Crippen molar-refractivity contribution in [3.05, 3.63) is 18.6 Å². The molecule has 45 valence electrons. The summed E-state index contributed by atoms with van der Waals surface area (Å²) in [4.78, 5) is 0. The fraction of sp³-hybridized carbons (Fsp3) is 0.625. The largest absolute Gasteiger partial charge is 0.0883 e. The van der Waals surface area contributed by atoms with Gasteiger partial charge in [0.2, 0.25) is 0 Å². The Labute approximate surface area is 51.6 Å².